The molecular weight excluding hydrogens is 246 g/mol. The Labute approximate surface area is 112 Å². The molecule has 0 unspecified atom stereocenters. The zero-order valence-electron chi connectivity index (χ0n) is 11.1. The molecule has 0 aromatic heterocycles. The molecule has 104 valence electrons. The molecule has 1 aromatic rings. The highest BCUT2D eigenvalue weighted by Gasteiger charge is 2.14. The van der Waals surface area contributed by atoms with Crippen molar-refractivity contribution in [3.05, 3.63) is 23.3 Å². The lowest BCUT2D eigenvalue weighted by Gasteiger charge is -2.20. The van der Waals surface area contributed by atoms with Crippen LogP contribution in [0.1, 0.15) is 17.5 Å². The summed E-state index contributed by atoms with van der Waals surface area (Å²) in [5.74, 6) is 1.30. The molecule has 5 heteroatoms. The topological polar surface area (TPSA) is 70.8 Å². The summed E-state index contributed by atoms with van der Waals surface area (Å²) in [6, 6.07) is 3.92. The van der Waals surface area contributed by atoms with Crippen LogP contribution in [0.3, 0.4) is 0 Å². The van der Waals surface area contributed by atoms with E-state index < -0.39 is 0 Å². The van der Waals surface area contributed by atoms with Crippen molar-refractivity contribution in [3.8, 4) is 11.5 Å². The average Bonchev–Trinajstić information content (AvgIpc) is 2.39. The van der Waals surface area contributed by atoms with Gasteiger partial charge in [-0.3, -0.25) is 4.79 Å². The predicted molar refractivity (Wildman–Crippen MR) is 70.5 cm³/mol. The van der Waals surface area contributed by atoms with Gasteiger partial charge in [-0.05, 0) is 30.2 Å². The number of carbonyl (C=O) groups excluding carboxylic acids is 1. The van der Waals surface area contributed by atoms with Crippen LogP contribution in [0.2, 0.25) is 0 Å². The highest BCUT2D eigenvalue weighted by Crippen LogP contribution is 2.33. The third-order valence-corrected chi connectivity index (χ3v) is 2.98. The molecule has 19 heavy (non-hydrogen) atoms. The summed E-state index contributed by atoms with van der Waals surface area (Å²) in [7, 11) is 0. The molecule has 0 amide bonds. The number of aryl methyl sites for hydroxylation is 1. The number of nitrogens with two attached hydrogens (primary N) is 1. The summed E-state index contributed by atoms with van der Waals surface area (Å²) in [4.78, 5) is 11.2. The van der Waals surface area contributed by atoms with Crippen molar-refractivity contribution in [2.45, 2.75) is 19.8 Å². The Hall–Kier alpha value is -1.75. The SMILES string of the molecule is Cc1cc2c(cc1CCOC(=O)CCN)OCCO2. The van der Waals surface area contributed by atoms with Crippen LogP contribution in [0.25, 0.3) is 0 Å². The summed E-state index contributed by atoms with van der Waals surface area (Å²) in [5, 5.41) is 0. The fraction of sp³-hybridized carbons (Fsp3) is 0.500. The maximum atomic E-state index is 11.2. The summed E-state index contributed by atoms with van der Waals surface area (Å²) in [6.45, 7) is 3.85. The highest BCUT2D eigenvalue weighted by molar-refractivity contribution is 5.69. The van der Waals surface area contributed by atoms with Gasteiger partial charge in [0.15, 0.2) is 11.5 Å². The highest BCUT2D eigenvalue weighted by atomic mass is 16.6. The van der Waals surface area contributed by atoms with E-state index in [1.807, 2.05) is 19.1 Å². The molecule has 1 heterocycles. The van der Waals surface area contributed by atoms with Crippen LogP contribution in [-0.4, -0.2) is 32.3 Å². The average molecular weight is 265 g/mol. The molecule has 0 fully saturated rings. The molecule has 0 saturated carbocycles. The zero-order chi connectivity index (χ0) is 13.7. The van der Waals surface area contributed by atoms with Crippen molar-refractivity contribution in [3.63, 3.8) is 0 Å². The van der Waals surface area contributed by atoms with E-state index in [2.05, 4.69) is 0 Å². The molecule has 0 atom stereocenters. The van der Waals surface area contributed by atoms with Gasteiger partial charge >= 0.3 is 5.97 Å². The number of ether oxygens (including phenoxy) is 3. The third kappa shape index (κ3) is 3.61. The van der Waals surface area contributed by atoms with Crippen molar-refractivity contribution in [2.75, 3.05) is 26.4 Å². The van der Waals surface area contributed by atoms with Crippen molar-refractivity contribution in [2.24, 2.45) is 5.73 Å². The molecule has 2 rings (SSSR count). The molecule has 0 aliphatic carbocycles. The first-order chi connectivity index (χ1) is 9.20. The number of benzene rings is 1. The fourth-order valence-electron chi connectivity index (χ4n) is 1.97. The van der Waals surface area contributed by atoms with Crippen molar-refractivity contribution in [1.82, 2.24) is 0 Å². The summed E-state index contributed by atoms with van der Waals surface area (Å²) in [5.41, 5.74) is 7.49. The number of carbonyl (C=O) groups is 1. The standard InChI is InChI=1S/C14H19NO4/c1-10-8-12-13(18-7-6-17-12)9-11(10)3-5-19-14(16)2-4-15/h8-9H,2-7,15H2,1H3. The number of rotatable bonds is 5. The van der Waals surface area contributed by atoms with Crippen LogP contribution in [0, 0.1) is 6.92 Å². The van der Waals surface area contributed by atoms with Crippen molar-refractivity contribution < 1.29 is 19.0 Å². The van der Waals surface area contributed by atoms with Gasteiger partial charge in [0.1, 0.15) is 13.2 Å². The minimum absolute atomic E-state index is 0.252. The number of hydrogen-bond donors (Lipinski definition) is 1. The Morgan fingerprint density at radius 2 is 2.00 bits per heavy atom. The van der Waals surface area contributed by atoms with E-state index in [4.69, 9.17) is 19.9 Å². The molecule has 1 aliphatic heterocycles. The minimum atomic E-state index is -0.252. The van der Waals surface area contributed by atoms with Crippen molar-refractivity contribution in [1.29, 1.82) is 0 Å². The Morgan fingerprint density at radius 1 is 1.32 bits per heavy atom. The Balaban J connectivity index is 1.95. The number of fused-ring (bicyclic) bond motifs is 1. The van der Waals surface area contributed by atoms with E-state index in [9.17, 15) is 4.79 Å². The quantitative estimate of drug-likeness (QED) is 0.810. The fourth-order valence-corrected chi connectivity index (χ4v) is 1.97. The lowest BCUT2D eigenvalue weighted by Crippen LogP contribution is -2.16. The van der Waals surface area contributed by atoms with Gasteiger partial charge in [-0.1, -0.05) is 0 Å². The van der Waals surface area contributed by atoms with E-state index in [0.29, 0.717) is 32.8 Å². The molecule has 0 bridgehead atoms. The van der Waals surface area contributed by atoms with Gasteiger partial charge in [-0.15, -0.1) is 0 Å². The Kier molecular flexibility index (Phi) is 4.63. The second-order valence-electron chi connectivity index (χ2n) is 4.43. The molecule has 1 aliphatic rings. The first kappa shape index (κ1) is 13.7. The van der Waals surface area contributed by atoms with Gasteiger partial charge in [-0.2, -0.15) is 0 Å². The number of hydrogen-bond acceptors (Lipinski definition) is 5. The van der Waals surface area contributed by atoms with Gasteiger partial charge < -0.3 is 19.9 Å². The summed E-state index contributed by atoms with van der Waals surface area (Å²) >= 11 is 0. The molecular formula is C14H19NO4. The maximum Gasteiger partial charge on any atom is 0.307 e. The van der Waals surface area contributed by atoms with Crippen LogP contribution in [0.4, 0.5) is 0 Å². The summed E-state index contributed by atoms with van der Waals surface area (Å²) < 4.78 is 16.1. The molecule has 5 nitrogen and oxygen atoms in total. The number of esters is 1. The van der Waals surface area contributed by atoms with Crippen LogP contribution in [0.5, 0.6) is 11.5 Å². The Bertz CT molecular complexity index is 459. The molecule has 2 N–H and O–H groups in total. The largest absolute Gasteiger partial charge is 0.486 e. The predicted octanol–water partition coefficient (Wildman–Crippen LogP) is 1.20. The Morgan fingerprint density at radius 3 is 2.68 bits per heavy atom. The smallest absolute Gasteiger partial charge is 0.307 e. The normalized spacial score (nSPS) is 13.2. The second kappa shape index (κ2) is 6.43. The van der Waals surface area contributed by atoms with Gasteiger partial charge in [-0.25, -0.2) is 0 Å². The van der Waals surface area contributed by atoms with Gasteiger partial charge in [0.25, 0.3) is 0 Å². The van der Waals surface area contributed by atoms with Crippen LogP contribution < -0.4 is 15.2 Å². The molecule has 0 spiro atoms. The lowest BCUT2D eigenvalue weighted by atomic mass is 10.0. The van der Waals surface area contributed by atoms with Crippen LogP contribution in [-0.2, 0) is 16.0 Å². The van der Waals surface area contributed by atoms with E-state index in [1.165, 1.54) is 0 Å². The minimum Gasteiger partial charge on any atom is -0.486 e. The maximum absolute atomic E-state index is 11.2. The molecule has 1 aromatic carbocycles. The van der Waals surface area contributed by atoms with Gasteiger partial charge in [0.05, 0.1) is 13.0 Å². The second-order valence-corrected chi connectivity index (χ2v) is 4.43. The van der Waals surface area contributed by atoms with E-state index in [-0.39, 0.29) is 12.4 Å². The van der Waals surface area contributed by atoms with Crippen LogP contribution in [0.15, 0.2) is 12.1 Å². The van der Waals surface area contributed by atoms with Gasteiger partial charge in [0, 0.05) is 13.0 Å². The monoisotopic (exact) mass is 265 g/mol. The molecule has 0 saturated heterocycles. The first-order valence-corrected chi connectivity index (χ1v) is 6.45. The lowest BCUT2D eigenvalue weighted by molar-refractivity contribution is -0.143. The van der Waals surface area contributed by atoms with Gasteiger partial charge in [0.2, 0.25) is 0 Å². The zero-order valence-corrected chi connectivity index (χ0v) is 11.1. The first-order valence-electron chi connectivity index (χ1n) is 6.45. The van der Waals surface area contributed by atoms with E-state index in [1.54, 1.807) is 0 Å². The van der Waals surface area contributed by atoms with Crippen molar-refractivity contribution >= 4 is 5.97 Å². The van der Waals surface area contributed by atoms with E-state index in [0.717, 1.165) is 22.6 Å². The van der Waals surface area contributed by atoms with Crippen LogP contribution >= 0.6 is 0 Å². The van der Waals surface area contributed by atoms with E-state index >= 15 is 0 Å². The molecule has 0 radical (unpaired) electrons. The summed E-state index contributed by atoms with van der Waals surface area (Å²) in [6.07, 6.45) is 0.929. The third-order valence-electron chi connectivity index (χ3n) is 2.98.